The van der Waals surface area contributed by atoms with E-state index in [2.05, 4.69) is 22.4 Å². The Kier molecular flexibility index (Phi) is 3.81. The van der Waals surface area contributed by atoms with Crippen molar-refractivity contribution in [3.8, 4) is 0 Å². The van der Waals surface area contributed by atoms with Crippen LogP contribution in [0.4, 0.5) is 0 Å². The van der Waals surface area contributed by atoms with Crippen molar-refractivity contribution in [2.24, 2.45) is 24.6 Å². The molecule has 1 saturated carbocycles. The largest absolute Gasteiger partial charge is 0.330 e. The molecule has 0 aliphatic heterocycles. The van der Waals surface area contributed by atoms with Crippen LogP contribution in [0.2, 0.25) is 0 Å². The molecule has 90 valence electrons. The molecule has 1 fully saturated rings. The summed E-state index contributed by atoms with van der Waals surface area (Å²) in [5, 5.41) is 13.0. The highest BCUT2D eigenvalue weighted by atomic mass is 32.2. The summed E-state index contributed by atoms with van der Waals surface area (Å²) < 4.78 is 1.73. The summed E-state index contributed by atoms with van der Waals surface area (Å²) in [5.74, 6) is 1.40. The number of nitrogens with two attached hydrogens (primary N) is 1. The second kappa shape index (κ2) is 5.14. The molecule has 0 spiro atoms. The van der Waals surface area contributed by atoms with Crippen molar-refractivity contribution in [1.29, 1.82) is 0 Å². The van der Waals surface area contributed by atoms with E-state index in [1.54, 1.807) is 16.4 Å². The zero-order valence-corrected chi connectivity index (χ0v) is 10.7. The molecule has 1 aromatic heterocycles. The quantitative estimate of drug-likeness (QED) is 0.857. The Morgan fingerprint density at radius 2 is 2.31 bits per heavy atom. The molecule has 0 amide bonds. The summed E-state index contributed by atoms with van der Waals surface area (Å²) in [6.07, 6.45) is 3.76. The monoisotopic (exact) mass is 241 g/mol. The second-order valence-corrected chi connectivity index (χ2v) is 5.86. The highest BCUT2D eigenvalue weighted by Gasteiger charge is 2.29. The minimum absolute atomic E-state index is 0.568. The number of tetrazole rings is 1. The predicted molar refractivity (Wildman–Crippen MR) is 64.0 cm³/mol. The lowest BCUT2D eigenvalue weighted by Crippen LogP contribution is -2.31. The molecule has 6 heteroatoms. The lowest BCUT2D eigenvalue weighted by atomic mass is 9.82. The van der Waals surface area contributed by atoms with E-state index in [4.69, 9.17) is 5.73 Å². The third kappa shape index (κ3) is 2.55. The second-order valence-electron chi connectivity index (χ2n) is 4.66. The van der Waals surface area contributed by atoms with Gasteiger partial charge in [0.05, 0.1) is 0 Å². The average Bonchev–Trinajstić information content (AvgIpc) is 2.65. The van der Waals surface area contributed by atoms with Crippen LogP contribution in [0.3, 0.4) is 0 Å². The smallest absolute Gasteiger partial charge is 0.209 e. The van der Waals surface area contributed by atoms with E-state index >= 15 is 0 Å². The summed E-state index contributed by atoms with van der Waals surface area (Å²) in [4.78, 5) is 0. The number of nitrogens with zero attached hydrogens (tertiary/aromatic N) is 4. The molecule has 5 nitrogen and oxygen atoms in total. The van der Waals surface area contributed by atoms with Gasteiger partial charge in [-0.25, -0.2) is 4.68 Å². The van der Waals surface area contributed by atoms with Crippen LogP contribution in [0, 0.1) is 11.8 Å². The zero-order valence-electron chi connectivity index (χ0n) is 9.83. The fourth-order valence-corrected chi connectivity index (χ4v) is 3.67. The minimum atomic E-state index is 0.568. The van der Waals surface area contributed by atoms with Crippen LogP contribution in [0.15, 0.2) is 5.16 Å². The third-order valence-corrected chi connectivity index (χ3v) is 4.77. The summed E-state index contributed by atoms with van der Waals surface area (Å²) in [5.41, 5.74) is 5.83. The van der Waals surface area contributed by atoms with Crippen molar-refractivity contribution in [2.75, 3.05) is 6.54 Å². The van der Waals surface area contributed by atoms with Crippen LogP contribution in [-0.2, 0) is 7.05 Å². The molecule has 2 rings (SSSR count). The van der Waals surface area contributed by atoms with E-state index in [1.807, 2.05) is 7.05 Å². The SMILES string of the molecule is CC1CCC(CN)C(Sc2nnnn2C)C1. The van der Waals surface area contributed by atoms with Gasteiger partial charge in [-0.2, -0.15) is 0 Å². The van der Waals surface area contributed by atoms with Gasteiger partial charge < -0.3 is 5.73 Å². The molecule has 2 N–H and O–H groups in total. The number of rotatable bonds is 3. The Morgan fingerprint density at radius 1 is 1.50 bits per heavy atom. The first-order chi connectivity index (χ1) is 7.70. The van der Waals surface area contributed by atoms with Crippen LogP contribution in [-0.4, -0.2) is 32.0 Å². The maximum Gasteiger partial charge on any atom is 0.209 e. The normalized spacial score (nSPS) is 30.6. The van der Waals surface area contributed by atoms with Gasteiger partial charge in [0.25, 0.3) is 0 Å². The average molecular weight is 241 g/mol. The van der Waals surface area contributed by atoms with E-state index in [0.717, 1.165) is 17.6 Å². The van der Waals surface area contributed by atoms with Gasteiger partial charge in [-0.3, -0.25) is 0 Å². The molecular formula is C10H19N5S. The van der Waals surface area contributed by atoms with E-state index in [0.29, 0.717) is 11.2 Å². The zero-order chi connectivity index (χ0) is 11.5. The Bertz CT molecular complexity index is 340. The van der Waals surface area contributed by atoms with Crippen molar-refractivity contribution in [1.82, 2.24) is 20.2 Å². The van der Waals surface area contributed by atoms with Crippen molar-refractivity contribution >= 4 is 11.8 Å². The predicted octanol–water partition coefficient (Wildman–Crippen LogP) is 1.07. The number of aryl methyl sites for hydroxylation is 1. The first-order valence-corrected chi connectivity index (χ1v) is 6.67. The van der Waals surface area contributed by atoms with Crippen LogP contribution in [0.5, 0.6) is 0 Å². The van der Waals surface area contributed by atoms with Gasteiger partial charge in [0.15, 0.2) is 0 Å². The van der Waals surface area contributed by atoms with Gasteiger partial charge in [-0.05, 0) is 41.6 Å². The summed E-state index contributed by atoms with van der Waals surface area (Å²) in [6, 6.07) is 0. The Labute approximate surface area is 100 Å². The topological polar surface area (TPSA) is 69.6 Å². The van der Waals surface area contributed by atoms with Gasteiger partial charge in [0.2, 0.25) is 5.16 Å². The lowest BCUT2D eigenvalue weighted by molar-refractivity contribution is 0.305. The molecule has 16 heavy (non-hydrogen) atoms. The molecule has 3 unspecified atom stereocenters. The Morgan fingerprint density at radius 3 is 2.94 bits per heavy atom. The van der Waals surface area contributed by atoms with E-state index < -0.39 is 0 Å². The summed E-state index contributed by atoms with van der Waals surface area (Å²) in [7, 11) is 1.88. The van der Waals surface area contributed by atoms with Gasteiger partial charge in [0.1, 0.15) is 0 Å². The molecule has 3 atom stereocenters. The molecule has 1 heterocycles. The summed E-state index contributed by atoms with van der Waals surface area (Å²) in [6.45, 7) is 3.09. The Hall–Kier alpha value is -0.620. The third-order valence-electron chi connectivity index (χ3n) is 3.33. The van der Waals surface area contributed by atoms with Crippen LogP contribution in [0.25, 0.3) is 0 Å². The van der Waals surface area contributed by atoms with Gasteiger partial charge in [-0.1, -0.05) is 25.1 Å². The molecule has 1 aliphatic carbocycles. The molecule has 0 saturated heterocycles. The van der Waals surface area contributed by atoms with Crippen molar-refractivity contribution in [2.45, 2.75) is 36.6 Å². The fourth-order valence-electron chi connectivity index (χ4n) is 2.26. The van der Waals surface area contributed by atoms with E-state index in [1.165, 1.54) is 19.3 Å². The van der Waals surface area contributed by atoms with Crippen LogP contribution < -0.4 is 5.73 Å². The fraction of sp³-hybridized carbons (Fsp3) is 0.900. The first kappa shape index (κ1) is 11.9. The summed E-state index contributed by atoms with van der Waals surface area (Å²) >= 11 is 1.78. The molecule has 1 aromatic rings. The molecule has 1 aliphatic rings. The maximum atomic E-state index is 5.83. The highest BCUT2D eigenvalue weighted by molar-refractivity contribution is 7.99. The van der Waals surface area contributed by atoms with Gasteiger partial charge >= 0.3 is 0 Å². The van der Waals surface area contributed by atoms with E-state index in [-0.39, 0.29) is 0 Å². The van der Waals surface area contributed by atoms with Crippen molar-refractivity contribution in [3.05, 3.63) is 0 Å². The van der Waals surface area contributed by atoms with Gasteiger partial charge in [0, 0.05) is 12.3 Å². The van der Waals surface area contributed by atoms with E-state index in [9.17, 15) is 0 Å². The van der Waals surface area contributed by atoms with Crippen LogP contribution >= 0.6 is 11.8 Å². The van der Waals surface area contributed by atoms with Gasteiger partial charge in [-0.15, -0.1) is 5.10 Å². The molecule has 0 aromatic carbocycles. The Balaban J connectivity index is 2.03. The number of aromatic nitrogens is 4. The van der Waals surface area contributed by atoms with Crippen LogP contribution in [0.1, 0.15) is 26.2 Å². The molecule has 0 radical (unpaired) electrons. The maximum absolute atomic E-state index is 5.83. The molecule has 0 bridgehead atoms. The standard InChI is InChI=1S/C10H19N5S/c1-7-3-4-8(6-11)9(5-7)16-10-12-13-14-15(10)2/h7-9H,3-6,11H2,1-2H3. The van der Waals surface area contributed by atoms with Crippen molar-refractivity contribution < 1.29 is 0 Å². The number of thioether (sulfide) groups is 1. The first-order valence-electron chi connectivity index (χ1n) is 5.79. The minimum Gasteiger partial charge on any atom is -0.330 e. The highest BCUT2D eigenvalue weighted by Crippen LogP contribution is 2.38. The van der Waals surface area contributed by atoms with Crippen molar-refractivity contribution in [3.63, 3.8) is 0 Å². The number of hydrogen-bond donors (Lipinski definition) is 1. The molecular weight excluding hydrogens is 222 g/mol. The number of hydrogen-bond acceptors (Lipinski definition) is 5. The lowest BCUT2D eigenvalue weighted by Gasteiger charge is -2.33.